The largest absolute Gasteiger partial charge is 0.243 e. The van der Waals surface area contributed by atoms with E-state index in [1.807, 2.05) is 19.1 Å². The zero-order chi connectivity index (χ0) is 13.2. The van der Waals surface area contributed by atoms with Crippen LogP contribution >= 0.6 is 15.9 Å². The van der Waals surface area contributed by atoms with E-state index < -0.39 is 10.0 Å². The fourth-order valence-corrected chi connectivity index (χ4v) is 4.28. The molecule has 5 heteroatoms. The molecule has 0 aromatic heterocycles. The van der Waals surface area contributed by atoms with Gasteiger partial charge in [-0.15, -0.1) is 0 Å². The topological polar surface area (TPSA) is 37.4 Å². The minimum absolute atomic E-state index is 0.408. The first-order valence-electron chi connectivity index (χ1n) is 6.17. The predicted molar refractivity (Wildman–Crippen MR) is 76.5 cm³/mol. The molecule has 1 aliphatic rings. The third kappa shape index (κ3) is 2.95. The van der Waals surface area contributed by atoms with Crippen LogP contribution in [0.25, 0.3) is 0 Å². The maximum absolute atomic E-state index is 12.4. The second-order valence-corrected chi connectivity index (χ2v) is 7.40. The lowest BCUT2D eigenvalue weighted by atomic mass is 10.0. The van der Waals surface area contributed by atoms with Crippen molar-refractivity contribution < 1.29 is 8.42 Å². The molecule has 0 N–H and O–H groups in total. The summed E-state index contributed by atoms with van der Waals surface area (Å²) in [5.41, 5.74) is 1.08. The van der Waals surface area contributed by atoms with E-state index in [1.54, 1.807) is 16.4 Å². The molecular formula is C13H18BrNO2S. The van der Waals surface area contributed by atoms with Gasteiger partial charge in [0.2, 0.25) is 10.0 Å². The van der Waals surface area contributed by atoms with Crippen LogP contribution in [0.5, 0.6) is 0 Å². The average molecular weight is 332 g/mol. The summed E-state index contributed by atoms with van der Waals surface area (Å²) in [4.78, 5) is 0.408. The summed E-state index contributed by atoms with van der Waals surface area (Å²) in [6, 6.07) is 7.08. The van der Waals surface area contributed by atoms with Crippen molar-refractivity contribution >= 4 is 26.0 Å². The molecule has 0 amide bonds. The highest BCUT2D eigenvalue weighted by Crippen LogP contribution is 2.24. The maximum atomic E-state index is 12.4. The van der Waals surface area contributed by atoms with Crippen LogP contribution in [0.15, 0.2) is 29.2 Å². The van der Waals surface area contributed by atoms with Crippen LogP contribution < -0.4 is 0 Å². The van der Waals surface area contributed by atoms with Crippen molar-refractivity contribution in [3.63, 3.8) is 0 Å². The van der Waals surface area contributed by atoms with Gasteiger partial charge in [-0.2, -0.15) is 4.31 Å². The van der Waals surface area contributed by atoms with Gasteiger partial charge in [-0.3, -0.25) is 0 Å². The molecule has 0 unspecified atom stereocenters. The van der Waals surface area contributed by atoms with E-state index in [1.165, 1.54) is 0 Å². The van der Waals surface area contributed by atoms with Gasteiger partial charge >= 0.3 is 0 Å². The lowest BCUT2D eigenvalue weighted by Crippen LogP contribution is -2.38. The summed E-state index contributed by atoms with van der Waals surface area (Å²) in [6.07, 6.45) is 1.88. The molecule has 1 aliphatic heterocycles. The Kier molecular flexibility index (Phi) is 4.45. The molecule has 0 saturated carbocycles. The van der Waals surface area contributed by atoms with Gasteiger partial charge in [0.15, 0.2) is 0 Å². The summed E-state index contributed by atoms with van der Waals surface area (Å²) in [7, 11) is -3.29. The molecule has 1 fully saturated rings. The van der Waals surface area contributed by atoms with Crippen LogP contribution in [0, 0.1) is 12.8 Å². The Balaban J connectivity index is 2.15. The molecular weight excluding hydrogens is 314 g/mol. The number of sulfonamides is 1. The normalized spacial score (nSPS) is 19.0. The summed E-state index contributed by atoms with van der Waals surface area (Å²) < 4.78 is 26.4. The van der Waals surface area contributed by atoms with E-state index >= 15 is 0 Å². The van der Waals surface area contributed by atoms with Crippen LogP contribution in [0.4, 0.5) is 0 Å². The number of nitrogens with zero attached hydrogens (tertiary/aromatic N) is 1. The third-order valence-corrected chi connectivity index (χ3v) is 6.28. The number of rotatable bonds is 3. The van der Waals surface area contributed by atoms with Gasteiger partial charge in [0, 0.05) is 18.4 Å². The second-order valence-electron chi connectivity index (χ2n) is 4.81. The molecule has 3 nitrogen and oxygen atoms in total. The molecule has 0 bridgehead atoms. The molecule has 18 heavy (non-hydrogen) atoms. The quantitative estimate of drug-likeness (QED) is 0.798. The van der Waals surface area contributed by atoms with Gasteiger partial charge in [-0.05, 0) is 37.8 Å². The number of halogens is 1. The van der Waals surface area contributed by atoms with Crippen LogP contribution in [0.3, 0.4) is 0 Å². The van der Waals surface area contributed by atoms with Crippen molar-refractivity contribution in [2.24, 2.45) is 5.92 Å². The van der Waals surface area contributed by atoms with Gasteiger partial charge in [0.25, 0.3) is 0 Å². The predicted octanol–water partition coefficient (Wildman–Crippen LogP) is 2.79. The highest BCUT2D eigenvalue weighted by molar-refractivity contribution is 9.09. The molecule has 0 spiro atoms. The van der Waals surface area contributed by atoms with E-state index in [2.05, 4.69) is 15.9 Å². The van der Waals surface area contributed by atoms with E-state index in [-0.39, 0.29) is 0 Å². The van der Waals surface area contributed by atoms with Crippen molar-refractivity contribution in [1.29, 1.82) is 0 Å². The van der Waals surface area contributed by atoms with E-state index in [4.69, 9.17) is 0 Å². The molecule has 0 radical (unpaired) electrons. The second kappa shape index (κ2) is 5.72. The average Bonchev–Trinajstić information content (AvgIpc) is 2.39. The van der Waals surface area contributed by atoms with Gasteiger partial charge in [0.1, 0.15) is 0 Å². The van der Waals surface area contributed by atoms with Crippen molar-refractivity contribution in [2.45, 2.75) is 24.7 Å². The Morgan fingerprint density at radius 1 is 1.22 bits per heavy atom. The first kappa shape index (κ1) is 14.0. The molecule has 1 aromatic carbocycles. The monoisotopic (exact) mass is 331 g/mol. The Bertz CT molecular complexity index is 490. The smallest absolute Gasteiger partial charge is 0.207 e. The van der Waals surface area contributed by atoms with Crippen molar-refractivity contribution in [3.8, 4) is 0 Å². The number of hydrogen-bond acceptors (Lipinski definition) is 2. The number of aryl methyl sites for hydroxylation is 1. The van der Waals surface area contributed by atoms with Crippen LogP contribution in [-0.2, 0) is 10.0 Å². The van der Waals surface area contributed by atoms with Crippen LogP contribution in [-0.4, -0.2) is 31.1 Å². The Morgan fingerprint density at radius 2 is 1.78 bits per heavy atom. The highest BCUT2D eigenvalue weighted by Gasteiger charge is 2.28. The molecule has 0 atom stereocenters. The van der Waals surface area contributed by atoms with Gasteiger partial charge in [-0.1, -0.05) is 33.6 Å². The number of hydrogen-bond donors (Lipinski definition) is 0. The SMILES string of the molecule is Cc1ccc(S(=O)(=O)N2CCC(CBr)CC2)cc1. The standard InChI is InChI=1S/C13H18BrNO2S/c1-11-2-4-13(5-3-11)18(16,17)15-8-6-12(10-14)7-9-15/h2-5,12H,6-10H2,1H3. The maximum Gasteiger partial charge on any atom is 0.243 e. The Hall–Kier alpha value is -0.390. The van der Waals surface area contributed by atoms with E-state index in [0.717, 1.165) is 23.7 Å². The first-order chi connectivity index (χ1) is 8.54. The molecule has 1 saturated heterocycles. The molecule has 0 aliphatic carbocycles. The van der Waals surface area contributed by atoms with Gasteiger partial charge in [-0.25, -0.2) is 8.42 Å². The molecule has 100 valence electrons. The van der Waals surface area contributed by atoms with Gasteiger partial charge in [0.05, 0.1) is 4.90 Å². The lowest BCUT2D eigenvalue weighted by molar-refractivity contribution is 0.292. The minimum atomic E-state index is -3.29. The molecule has 2 rings (SSSR count). The summed E-state index contributed by atoms with van der Waals surface area (Å²) >= 11 is 3.47. The zero-order valence-corrected chi connectivity index (χ0v) is 12.9. The lowest BCUT2D eigenvalue weighted by Gasteiger charge is -2.30. The first-order valence-corrected chi connectivity index (χ1v) is 8.73. The number of benzene rings is 1. The summed E-state index contributed by atoms with van der Waals surface area (Å²) in [6.45, 7) is 3.22. The number of piperidine rings is 1. The van der Waals surface area contributed by atoms with Crippen molar-refractivity contribution in [1.82, 2.24) is 4.31 Å². The number of alkyl halides is 1. The molecule has 1 aromatic rings. The summed E-state index contributed by atoms with van der Waals surface area (Å²) in [5.74, 6) is 0.606. The zero-order valence-electron chi connectivity index (χ0n) is 10.5. The Morgan fingerprint density at radius 3 is 2.28 bits per heavy atom. The minimum Gasteiger partial charge on any atom is -0.207 e. The fraction of sp³-hybridized carbons (Fsp3) is 0.538. The van der Waals surface area contributed by atoms with Crippen LogP contribution in [0.2, 0.25) is 0 Å². The van der Waals surface area contributed by atoms with E-state index in [0.29, 0.717) is 23.9 Å². The van der Waals surface area contributed by atoms with Gasteiger partial charge < -0.3 is 0 Å². The third-order valence-electron chi connectivity index (χ3n) is 3.45. The van der Waals surface area contributed by atoms with Crippen molar-refractivity contribution in [2.75, 3.05) is 18.4 Å². The van der Waals surface area contributed by atoms with Crippen molar-refractivity contribution in [3.05, 3.63) is 29.8 Å². The van der Waals surface area contributed by atoms with Crippen LogP contribution in [0.1, 0.15) is 18.4 Å². The molecule has 1 heterocycles. The highest BCUT2D eigenvalue weighted by atomic mass is 79.9. The summed E-state index contributed by atoms with van der Waals surface area (Å²) in [5, 5.41) is 0.964. The fourth-order valence-electron chi connectivity index (χ4n) is 2.16. The Labute approximate surface area is 117 Å². The van der Waals surface area contributed by atoms with E-state index in [9.17, 15) is 8.42 Å².